The molecule has 1 aromatic rings. The molecule has 0 atom stereocenters. The predicted molar refractivity (Wildman–Crippen MR) is 54.7 cm³/mol. The Hall–Kier alpha value is -0.780. The Morgan fingerprint density at radius 2 is 1.44 bits per heavy atom. The number of benzene rings is 1. The Kier molecular flexibility index (Phi) is 4.18. The van der Waals surface area contributed by atoms with Gasteiger partial charge in [0.1, 0.15) is 0 Å². The first kappa shape index (κ1) is 13.3. The lowest BCUT2D eigenvalue weighted by Gasteiger charge is -2.14. The molecule has 1 nitrogen and oxygen atoms in total. The molecule has 1 rings (SSSR count). The maximum Gasteiger partial charge on any atom is 0.204 e. The molecule has 0 unspecified atom stereocenters. The van der Waals surface area contributed by atoms with Crippen LogP contribution in [0, 0.1) is 23.3 Å². The van der Waals surface area contributed by atoms with E-state index in [1.165, 1.54) is 13.8 Å². The number of hydrogen-bond acceptors (Lipinski definition) is 1. The summed E-state index contributed by atoms with van der Waals surface area (Å²) in [5, 5.41) is -0.319. The monoisotopic (exact) mass is 300 g/mol. The van der Waals surface area contributed by atoms with E-state index in [1.807, 2.05) is 0 Å². The van der Waals surface area contributed by atoms with Crippen molar-refractivity contribution < 1.29 is 22.3 Å². The molecule has 0 aliphatic rings. The summed E-state index contributed by atoms with van der Waals surface area (Å²) in [7, 11) is 0. The summed E-state index contributed by atoms with van der Waals surface area (Å²) >= 11 is 2.75. The highest BCUT2D eigenvalue weighted by Crippen LogP contribution is 2.31. The van der Waals surface area contributed by atoms with Crippen molar-refractivity contribution in [1.29, 1.82) is 0 Å². The largest absolute Gasteiger partial charge is 0.485 e. The molecule has 0 N–H and O–H groups in total. The third-order valence-electron chi connectivity index (χ3n) is 1.80. The molecule has 1 aromatic carbocycles. The van der Waals surface area contributed by atoms with Gasteiger partial charge >= 0.3 is 0 Å². The predicted octanol–water partition coefficient (Wildman–Crippen LogP) is 3.93. The van der Waals surface area contributed by atoms with Crippen LogP contribution >= 0.6 is 15.9 Å². The summed E-state index contributed by atoms with van der Waals surface area (Å²) < 4.78 is 57.9. The van der Waals surface area contributed by atoms with E-state index >= 15 is 0 Å². The molecule has 0 aliphatic heterocycles. The molecule has 0 heterocycles. The van der Waals surface area contributed by atoms with Gasteiger partial charge in [-0.2, -0.15) is 8.78 Å². The Balaban J connectivity index is 3.41. The van der Waals surface area contributed by atoms with E-state index in [1.54, 1.807) is 0 Å². The smallest absolute Gasteiger partial charge is 0.204 e. The fraction of sp³-hybridized carbons (Fsp3) is 0.400. The zero-order valence-corrected chi connectivity index (χ0v) is 10.2. The first-order chi connectivity index (χ1) is 7.40. The second kappa shape index (κ2) is 5.03. The van der Waals surface area contributed by atoms with Crippen LogP contribution in [0.4, 0.5) is 17.6 Å². The third kappa shape index (κ3) is 2.31. The van der Waals surface area contributed by atoms with Gasteiger partial charge in [-0.3, -0.25) is 0 Å². The van der Waals surface area contributed by atoms with E-state index in [0.717, 1.165) is 0 Å². The van der Waals surface area contributed by atoms with E-state index in [9.17, 15) is 17.6 Å². The van der Waals surface area contributed by atoms with Crippen LogP contribution in [0.25, 0.3) is 0 Å². The quantitative estimate of drug-likeness (QED) is 0.467. The van der Waals surface area contributed by atoms with Crippen LogP contribution in [0.1, 0.15) is 19.4 Å². The van der Waals surface area contributed by atoms with Crippen LogP contribution < -0.4 is 4.74 Å². The molecule has 0 radical (unpaired) electrons. The number of ether oxygens (including phenoxy) is 1. The molecular weight excluding hydrogens is 292 g/mol. The van der Waals surface area contributed by atoms with Gasteiger partial charge < -0.3 is 4.74 Å². The lowest BCUT2D eigenvalue weighted by atomic mass is 10.2. The Bertz CT molecular complexity index is 377. The summed E-state index contributed by atoms with van der Waals surface area (Å²) in [6, 6.07) is 0. The second-order valence-corrected chi connectivity index (χ2v) is 3.92. The molecule has 0 spiro atoms. The van der Waals surface area contributed by atoms with Gasteiger partial charge in [-0.1, -0.05) is 15.9 Å². The summed E-state index contributed by atoms with van der Waals surface area (Å²) in [6.45, 7) is 2.99. The molecule has 0 fully saturated rings. The first-order valence-corrected chi connectivity index (χ1v) is 5.59. The number of halogens is 5. The van der Waals surface area contributed by atoms with Crippen LogP contribution in [0.15, 0.2) is 0 Å². The number of hydrogen-bond donors (Lipinski definition) is 0. The van der Waals surface area contributed by atoms with Gasteiger partial charge in [0, 0.05) is 10.9 Å². The topological polar surface area (TPSA) is 9.23 Å². The zero-order chi connectivity index (χ0) is 12.5. The van der Waals surface area contributed by atoms with Crippen molar-refractivity contribution >= 4 is 15.9 Å². The van der Waals surface area contributed by atoms with Gasteiger partial charge in [-0.25, -0.2) is 8.78 Å². The van der Waals surface area contributed by atoms with Crippen LogP contribution in [-0.2, 0) is 5.33 Å². The van der Waals surface area contributed by atoms with Crippen molar-refractivity contribution in [1.82, 2.24) is 0 Å². The summed E-state index contributed by atoms with van der Waals surface area (Å²) in [5.41, 5.74) is -0.689. The summed E-state index contributed by atoms with van der Waals surface area (Å²) in [5.74, 6) is -6.92. The minimum Gasteiger partial charge on any atom is -0.485 e. The van der Waals surface area contributed by atoms with Crippen LogP contribution in [0.3, 0.4) is 0 Å². The highest BCUT2D eigenvalue weighted by molar-refractivity contribution is 9.08. The average molecular weight is 301 g/mol. The Labute approximate surface area is 98.5 Å². The van der Waals surface area contributed by atoms with E-state index in [2.05, 4.69) is 15.9 Å². The van der Waals surface area contributed by atoms with Gasteiger partial charge in [0.2, 0.25) is 11.6 Å². The van der Waals surface area contributed by atoms with Crippen molar-refractivity contribution in [2.24, 2.45) is 0 Å². The van der Waals surface area contributed by atoms with Crippen LogP contribution in [0.5, 0.6) is 5.75 Å². The maximum atomic E-state index is 13.3. The van der Waals surface area contributed by atoms with Crippen molar-refractivity contribution in [3.63, 3.8) is 0 Å². The molecule has 0 amide bonds. The van der Waals surface area contributed by atoms with Crippen molar-refractivity contribution in [3.8, 4) is 5.75 Å². The second-order valence-electron chi connectivity index (χ2n) is 3.36. The molecular formula is C10H9BrF4O. The van der Waals surface area contributed by atoms with E-state index in [0.29, 0.717) is 0 Å². The van der Waals surface area contributed by atoms with Crippen molar-refractivity contribution in [2.45, 2.75) is 25.3 Å². The SMILES string of the molecule is CC(C)Oc1c(F)c(F)c(CBr)c(F)c1F. The molecule has 0 aromatic heterocycles. The molecule has 0 saturated heterocycles. The third-order valence-corrected chi connectivity index (χ3v) is 2.36. The summed E-state index contributed by atoms with van der Waals surface area (Å²) in [4.78, 5) is 0. The van der Waals surface area contributed by atoms with Gasteiger partial charge in [0.25, 0.3) is 0 Å². The number of rotatable bonds is 3. The lowest BCUT2D eigenvalue weighted by Crippen LogP contribution is -2.12. The minimum absolute atomic E-state index is 0.319. The van der Waals surface area contributed by atoms with Gasteiger partial charge in [0.05, 0.1) is 6.10 Å². The molecule has 0 aliphatic carbocycles. The highest BCUT2D eigenvalue weighted by Gasteiger charge is 2.26. The van der Waals surface area contributed by atoms with E-state index in [4.69, 9.17) is 4.74 Å². The lowest BCUT2D eigenvalue weighted by molar-refractivity contribution is 0.211. The minimum atomic E-state index is -1.51. The van der Waals surface area contributed by atoms with Crippen LogP contribution in [-0.4, -0.2) is 6.10 Å². The molecule has 0 bridgehead atoms. The van der Waals surface area contributed by atoms with Crippen molar-refractivity contribution in [3.05, 3.63) is 28.8 Å². The maximum absolute atomic E-state index is 13.3. The summed E-state index contributed by atoms with van der Waals surface area (Å²) in [6.07, 6.45) is -0.586. The van der Waals surface area contributed by atoms with Gasteiger partial charge in [-0.05, 0) is 13.8 Å². The molecule has 90 valence electrons. The van der Waals surface area contributed by atoms with Crippen molar-refractivity contribution in [2.75, 3.05) is 0 Å². The van der Waals surface area contributed by atoms with Crippen LogP contribution in [0.2, 0.25) is 0 Å². The standard InChI is InChI=1S/C10H9BrF4O/c1-4(2)16-10-8(14)6(12)5(3-11)7(13)9(10)15/h4H,3H2,1-2H3. The Morgan fingerprint density at radius 1 is 1.00 bits per heavy atom. The van der Waals surface area contributed by atoms with E-state index < -0.39 is 40.7 Å². The zero-order valence-electron chi connectivity index (χ0n) is 8.58. The van der Waals surface area contributed by atoms with Gasteiger partial charge in [-0.15, -0.1) is 0 Å². The number of alkyl halides is 1. The first-order valence-electron chi connectivity index (χ1n) is 4.47. The fourth-order valence-corrected chi connectivity index (χ4v) is 1.61. The van der Waals surface area contributed by atoms with Gasteiger partial charge in [0.15, 0.2) is 17.4 Å². The Morgan fingerprint density at radius 3 is 1.75 bits per heavy atom. The molecule has 16 heavy (non-hydrogen) atoms. The highest BCUT2D eigenvalue weighted by atomic mass is 79.9. The molecule has 0 saturated carbocycles. The molecule has 6 heteroatoms. The average Bonchev–Trinajstić information content (AvgIpc) is 2.22. The fourth-order valence-electron chi connectivity index (χ4n) is 1.11. The van der Waals surface area contributed by atoms with E-state index in [-0.39, 0.29) is 5.33 Å². The normalized spacial score (nSPS) is 11.0.